The quantitative estimate of drug-likeness (QED) is 0.826. The van der Waals surface area contributed by atoms with Crippen molar-refractivity contribution >= 4 is 21.8 Å². The van der Waals surface area contributed by atoms with Gasteiger partial charge in [-0.2, -0.15) is 0 Å². The molecule has 1 atom stereocenters. The van der Waals surface area contributed by atoms with Gasteiger partial charge < -0.3 is 10.6 Å². The fraction of sp³-hybridized carbons (Fsp3) is 0.562. The molecule has 1 amide bonds. The standard InChI is InChI=1S/C16H25BrN2O/c1-12(2)8-14(10-18)9-16(20)19(3)11-13-4-6-15(17)7-5-13/h4-7,12,14H,8-11,18H2,1-3H3/t14-/m0/s1. The number of nitrogens with two attached hydrogens (primary N) is 1. The Morgan fingerprint density at radius 1 is 1.30 bits per heavy atom. The summed E-state index contributed by atoms with van der Waals surface area (Å²) >= 11 is 3.41. The Morgan fingerprint density at radius 3 is 2.40 bits per heavy atom. The van der Waals surface area contributed by atoms with Crippen LogP contribution in [-0.2, 0) is 11.3 Å². The molecule has 0 saturated carbocycles. The second kappa shape index (κ2) is 8.42. The first kappa shape index (κ1) is 17.2. The highest BCUT2D eigenvalue weighted by molar-refractivity contribution is 9.10. The molecule has 0 aliphatic rings. The summed E-state index contributed by atoms with van der Waals surface area (Å²) in [5.74, 6) is 1.03. The molecule has 0 aromatic heterocycles. The van der Waals surface area contributed by atoms with E-state index in [1.807, 2.05) is 31.3 Å². The highest BCUT2D eigenvalue weighted by Crippen LogP contribution is 2.17. The van der Waals surface area contributed by atoms with E-state index in [9.17, 15) is 4.79 Å². The van der Waals surface area contributed by atoms with Crippen LogP contribution in [0.15, 0.2) is 28.7 Å². The SMILES string of the molecule is CC(C)C[C@H](CN)CC(=O)N(C)Cc1ccc(Br)cc1. The van der Waals surface area contributed by atoms with Gasteiger partial charge in [0.25, 0.3) is 0 Å². The fourth-order valence-corrected chi connectivity index (χ4v) is 2.55. The lowest BCUT2D eigenvalue weighted by Gasteiger charge is -2.22. The van der Waals surface area contributed by atoms with E-state index in [0.29, 0.717) is 25.4 Å². The second-order valence-corrected chi connectivity index (χ2v) is 6.73. The first-order valence-electron chi connectivity index (χ1n) is 7.10. The predicted octanol–water partition coefficient (Wildman–Crippen LogP) is 3.42. The first-order chi connectivity index (χ1) is 9.42. The van der Waals surface area contributed by atoms with E-state index in [1.54, 1.807) is 4.90 Å². The molecule has 1 aromatic carbocycles. The molecule has 0 spiro atoms. The number of halogens is 1. The van der Waals surface area contributed by atoms with E-state index < -0.39 is 0 Å². The van der Waals surface area contributed by atoms with E-state index in [-0.39, 0.29) is 11.8 Å². The third-order valence-electron chi connectivity index (χ3n) is 3.36. The lowest BCUT2D eigenvalue weighted by Crippen LogP contribution is -2.30. The fourth-order valence-electron chi connectivity index (χ4n) is 2.28. The molecule has 0 saturated heterocycles. The molecule has 1 aromatic rings. The molecule has 4 heteroatoms. The maximum absolute atomic E-state index is 12.2. The number of rotatable bonds is 7. The van der Waals surface area contributed by atoms with Crippen molar-refractivity contribution in [3.63, 3.8) is 0 Å². The van der Waals surface area contributed by atoms with Gasteiger partial charge >= 0.3 is 0 Å². The van der Waals surface area contributed by atoms with Gasteiger partial charge in [0.2, 0.25) is 5.91 Å². The maximum atomic E-state index is 12.2. The summed E-state index contributed by atoms with van der Waals surface area (Å²) in [5.41, 5.74) is 6.90. The van der Waals surface area contributed by atoms with Crippen LogP contribution < -0.4 is 5.73 Å². The molecule has 2 N–H and O–H groups in total. The van der Waals surface area contributed by atoms with Crippen molar-refractivity contribution in [1.82, 2.24) is 4.90 Å². The minimum atomic E-state index is 0.170. The molecule has 3 nitrogen and oxygen atoms in total. The van der Waals surface area contributed by atoms with Crippen LogP contribution in [0.4, 0.5) is 0 Å². The molecule has 0 unspecified atom stereocenters. The molecular formula is C16H25BrN2O. The third-order valence-corrected chi connectivity index (χ3v) is 3.89. The van der Waals surface area contributed by atoms with Gasteiger partial charge in [-0.1, -0.05) is 41.9 Å². The number of amides is 1. The molecule has 0 heterocycles. The van der Waals surface area contributed by atoms with Gasteiger partial charge in [0, 0.05) is 24.5 Å². The highest BCUT2D eigenvalue weighted by atomic mass is 79.9. The molecule has 0 fully saturated rings. The molecule has 0 aliphatic carbocycles. The van der Waals surface area contributed by atoms with Crippen LogP contribution >= 0.6 is 15.9 Å². The lowest BCUT2D eigenvalue weighted by molar-refractivity contribution is -0.131. The summed E-state index contributed by atoms with van der Waals surface area (Å²) in [5, 5.41) is 0. The van der Waals surface area contributed by atoms with Crippen LogP contribution in [0.3, 0.4) is 0 Å². The van der Waals surface area contributed by atoms with E-state index in [1.165, 1.54) is 0 Å². The molecule has 112 valence electrons. The van der Waals surface area contributed by atoms with Crippen LogP contribution in [0.1, 0.15) is 32.3 Å². The van der Waals surface area contributed by atoms with Crippen LogP contribution in [0, 0.1) is 11.8 Å². The van der Waals surface area contributed by atoms with Crippen molar-refractivity contribution in [1.29, 1.82) is 0 Å². The Labute approximate surface area is 130 Å². The summed E-state index contributed by atoms with van der Waals surface area (Å²) < 4.78 is 1.05. The molecule has 20 heavy (non-hydrogen) atoms. The Balaban J connectivity index is 2.51. The van der Waals surface area contributed by atoms with Gasteiger partial charge in [0.15, 0.2) is 0 Å². The van der Waals surface area contributed by atoms with Crippen LogP contribution in [0.25, 0.3) is 0 Å². The second-order valence-electron chi connectivity index (χ2n) is 5.81. The zero-order chi connectivity index (χ0) is 15.1. The zero-order valence-electron chi connectivity index (χ0n) is 12.6. The van der Waals surface area contributed by atoms with E-state index in [4.69, 9.17) is 5.73 Å². The summed E-state index contributed by atoms with van der Waals surface area (Å²) in [7, 11) is 1.85. The normalized spacial score (nSPS) is 12.5. The minimum Gasteiger partial charge on any atom is -0.341 e. The van der Waals surface area contributed by atoms with Crippen molar-refractivity contribution in [3.8, 4) is 0 Å². The van der Waals surface area contributed by atoms with Crippen LogP contribution in [0.5, 0.6) is 0 Å². The van der Waals surface area contributed by atoms with Crippen LogP contribution in [0.2, 0.25) is 0 Å². The Bertz CT molecular complexity index is 417. The monoisotopic (exact) mass is 340 g/mol. The van der Waals surface area contributed by atoms with E-state index in [0.717, 1.165) is 16.5 Å². The number of carbonyl (C=O) groups is 1. The Morgan fingerprint density at radius 2 is 1.90 bits per heavy atom. The Kier molecular flexibility index (Phi) is 7.24. The van der Waals surface area contributed by atoms with Gasteiger partial charge in [-0.3, -0.25) is 4.79 Å². The number of nitrogens with zero attached hydrogens (tertiary/aromatic N) is 1. The molecule has 0 radical (unpaired) electrons. The van der Waals surface area contributed by atoms with Crippen molar-refractivity contribution in [2.45, 2.75) is 33.2 Å². The molecule has 1 rings (SSSR count). The summed E-state index contributed by atoms with van der Waals surface area (Å²) in [4.78, 5) is 14.0. The summed E-state index contributed by atoms with van der Waals surface area (Å²) in [6.45, 7) is 5.55. The van der Waals surface area contributed by atoms with Gasteiger partial charge in [0.1, 0.15) is 0 Å². The highest BCUT2D eigenvalue weighted by Gasteiger charge is 2.17. The van der Waals surface area contributed by atoms with E-state index in [2.05, 4.69) is 29.8 Å². The average molecular weight is 341 g/mol. The topological polar surface area (TPSA) is 46.3 Å². The number of hydrogen-bond acceptors (Lipinski definition) is 2. The van der Waals surface area contributed by atoms with Gasteiger partial charge in [0.05, 0.1) is 0 Å². The summed E-state index contributed by atoms with van der Waals surface area (Å²) in [6, 6.07) is 8.05. The van der Waals surface area contributed by atoms with Crippen molar-refractivity contribution in [2.24, 2.45) is 17.6 Å². The van der Waals surface area contributed by atoms with E-state index >= 15 is 0 Å². The first-order valence-corrected chi connectivity index (χ1v) is 7.90. The Hall–Kier alpha value is -0.870. The molecular weight excluding hydrogens is 316 g/mol. The largest absolute Gasteiger partial charge is 0.341 e. The molecule has 0 aliphatic heterocycles. The van der Waals surface area contributed by atoms with Crippen molar-refractivity contribution in [3.05, 3.63) is 34.3 Å². The lowest BCUT2D eigenvalue weighted by atomic mass is 9.94. The number of benzene rings is 1. The third kappa shape index (κ3) is 6.06. The maximum Gasteiger partial charge on any atom is 0.222 e. The predicted molar refractivity (Wildman–Crippen MR) is 87.2 cm³/mol. The minimum absolute atomic E-state index is 0.170. The smallest absolute Gasteiger partial charge is 0.222 e. The summed E-state index contributed by atoms with van der Waals surface area (Å²) in [6.07, 6.45) is 1.55. The van der Waals surface area contributed by atoms with Crippen molar-refractivity contribution < 1.29 is 4.79 Å². The van der Waals surface area contributed by atoms with Gasteiger partial charge in [-0.05, 0) is 42.5 Å². The van der Waals surface area contributed by atoms with Gasteiger partial charge in [-0.15, -0.1) is 0 Å². The number of hydrogen-bond donors (Lipinski definition) is 1. The number of carbonyl (C=O) groups excluding carboxylic acids is 1. The average Bonchev–Trinajstić information content (AvgIpc) is 2.39. The van der Waals surface area contributed by atoms with Gasteiger partial charge in [-0.25, -0.2) is 0 Å². The molecule has 0 bridgehead atoms. The van der Waals surface area contributed by atoms with Crippen molar-refractivity contribution in [2.75, 3.05) is 13.6 Å². The van der Waals surface area contributed by atoms with Crippen LogP contribution in [-0.4, -0.2) is 24.4 Å². The zero-order valence-corrected chi connectivity index (χ0v) is 14.2.